The van der Waals surface area contributed by atoms with E-state index in [1.54, 1.807) is 12.1 Å². The zero-order valence-corrected chi connectivity index (χ0v) is 14.2. The number of rotatable bonds is 4. The molecule has 1 aliphatic rings. The highest BCUT2D eigenvalue weighted by atomic mass is 19.1. The number of hydrogen-bond acceptors (Lipinski definition) is 3. The lowest BCUT2D eigenvalue weighted by Gasteiger charge is -2.30. The van der Waals surface area contributed by atoms with Gasteiger partial charge in [-0.1, -0.05) is 19.1 Å². The maximum Gasteiger partial charge on any atom is 0.328 e. The zero-order valence-electron chi connectivity index (χ0n) is 14.2. The molecule has 1 saturated heterocycles. The minimum absolute atomic E-state index is 0.0890. The Balaban J connectivity index is 1.76. The average molecular weight is 355 g/mol. The number of amides is 4. The molecule has 0 bridgehead atoms. The van der Waals surface area contributed by atoms with Crippen LogP contribution >= 0.6 is 0 Å². The number of carbonyl (C=O) groups is 3. The first kappa shape index (κ1) is 17.6. The van der Waals surface area contributed by atoms with E-state index in [1.807, 2.05) is 19.1 Å². The number of urea groups is 1. The Morgan fingerprint density at radius 3 is 2.42 bits per heavy atom. The van der Waals surface area contributed by atoms with Gasteiger partial charge in [-0.05, 0) is 48.4 Å². The van der Waals surface area contributed by atoms with Crippen molar-refractivity contribution in [2.24, 2.45) is 5.92 Å². The molecule has 6 nitrogen and oxygen atoms in total. The molecule has 26 heavy (non-hydrogen) atoms. The van der Waals surface area contributed by atoms with E-state index < -0.39 is 29.6 Å². The summed E-state index contributed by atoms with van der Waals surface area (Å²) in [6, 6.07) is 11.6. The van der Waals surface area contributed by atoms with Gasteiger partial charge in [-0.3, -0.25) is 9.59 Å². The highest BCUT2D eigenvalue weighted by Crippen LogP contribution is 2.21. The molecule has 0 aromatic heterocycles. The first-order valence-corrected chi connectivity index (χ1v) is 8.26. The van der Waals surface area contributed by atoms with Gasteiger partial charge in [0.05, 0.1) is 5.69 Å². The summed E-state index contributed by atoms with van der Waals surface area (Å²) < 4.78 is 13.1. The lowest BCUT2D eigenvalue weighted by Crippen LogP contribution is -2.58. The number of nitrogens with zero attached hydrogens (tertiary/aromatic N) is 1. The number of anilines is 2. The number of imide groups is 1. The molecule has 2 aromatic carbocycles. The SMILES string of the molecule is CCc1ccc(NC(=O)C2CNC(=O)N(c3ccc(F)cc3)C2=O)cc1. The number of halogens is 1. The molecule has 0 saturated carbocycles. The Morgan fingerprint density at radius 1 is 1.15 bits per heavy atom. The van der Waals surface area contributed by atoms with Gasteiger partial charge in [0.15, 0.2) is 0 Å². The van der Waals surface area contributed by atoms with E-state index in [0.717, 1.165) is 29.0 Å². The Hall–Kier alpha value is -3.22. The van der Waals surface area contributed by atoms with Gasteiger partial charge >= 0.3 is 6.03 Å². The van der Waals surface area contributed by atoms with E-state index in [0.29, 0.717) is 5.69 Å². The predicted octanol–water partition coefficient (Wildman–Crippen LogP) is 2.70. The number of aryl methyl sites for hydroxylation is 1. The van der Waals surface area contributed by atoms with E-state index >= 15 is 0 Å². The van der Waals surface area contributed by atoms with E-state index in [4.69, 9.17) is 0 Å². The fourth-order valence-corrected chi connectivity index (χ4v) is 2.70. The molecule has 0 radical (unpaired) electrons. The Morgan fingerprint density at radius 2 is 1.81 bits per heavy atom. The molecular weight excluding hydrogens is 337 g/mol. The fourth-order valence-electron chi connectivity index (χ4n) is 2.70. The second-order valence-electron chi connectivity index (χ2n) is 5.93. The first-order valence-electron chi connectivity index (χ1n) is 8.26. The smallest absolute Gasteiger partial charge is 0.328 e. The fraction of sp³-hybridized carbons (Fsp3) is 0.211. The first-order chi connectivity index (χ1) is 12.5. The van der Waals surface area contributed by atoms with Crippen LogP contribution in [0.4, 0.5) is 20.6 Å². The van der Waals surface area contributed by atoms with Crippen LogP contribution in [0.1, 0.15) is 12.5 Å². The van der Waals surface area contributed by atoms with Crippen molar-refractivity contribution < 1.29 is 18.8 Å². The summed E-state index contributed by atoms with van der Waals surface area (Å²) in [4.78, 5) is 38.1. The van der Waals surface area contributed by atoms with Crippen molar-refractivity contribution in [1.82, 2.24) is 5.32 Å². The van der Waals surface area contributed by atoms with Crippen molar-refractivity contribution in [3.05, 3.63) is 59.9 Å². The summed E-state index contributed by atoms with van der Waals surface area (Å²) in [5.74, 6) is -2.71. The largest absolute Gasteiger partial charge is 0.336 e. The predicted molar refractivity (Wildman–Crippen MR) is 95.2 cm³/mol. The third-order valence-electron chi connectivity index (χ3n) is 4.21. The molecule has 4 amide bonds. The van der Waals surface area contributed by atoms with Crippen LogP contribution in [0, 0.1) is 11.7 Å². The molecule has 0 aliphatic carbocycles. The van der Waals surface area contributed by atoms with Crippen LogP contribution in [0.25, 0.3) is 0 Å². The summed E-state index contributed by atoms with van der Waals surface area (Å²) in [5.41, 5.74) is 1.91. The van der Waals surface area contributed by atoms with Crippen molar-refractivity contribution in [2.45, 2.75) is 13.3 Å². The molecule has 1 unspecified atom stereocenters. The van der Waals surface area contributed by atoms with Gasteiger partial charge in [0.2, 0.25) is 11.8 Å². The highest BCUT2D eigenvalue weighted by Gasteiger charge is 2.39. The maximum atomic E-state index is 13.1. The summed E-state index contributed by atoms with van der Waals surface area (Å²) in [6.45, 7) is 1.94. The van der Waals surface area contributed by atoms with E-state index in [1.165, 1.54) is 12.1 Å². The Kier molecular flexibility index (Phi) is 4.97. The van der Waals surface area contributed by atoms with Crippen molar-refractivity contribution in [3.8, 4) is 0 Å². The van der Waals surface area contributed by atoms with Gasteiger partial charge < -0.3 is 10.6 Å². The Bertz CT molecular complexity index is 834. The number of benzene rings is 2. The van der Waals surface area contributed by atoms with Crippen LogP contribution in [-0.2, 0) is 16.0 Å². The minimum Gasteiger partial charge on any atom is -0.336 e. The lowest BCUT2D eigenvalue weighted by atomic mass is 10.0. The van der Waals surface area contributed by atoms with Gasteiger partial charge in [-0.25, -0.2) is 14.1 Å². The molecule has 7 heteroatoms. The molecular formula is C19H18FN3O3. The van der Waals surface area contributed by atoms with E-state index in [2.05, 4.69) is 10.6 Å². The topological polar surface area (TPSA) is 78.5 Å². The van der Waals surface area contributed by atoms with Gasteiger partial charge in [0.1, 0.15) is 11.7 Å². The van der Waals surface area contributed by atoms with Crippen LogP contribution < -0.4 is 15.5 Å². The third-order valence-corrected chi connectivity index (χ3v) is 4.21. The number of hydrogen-bond donors (Lipinski definition) is 2. The lowest BCUT2D eigenvalue weighted by molar-refractivity contribution is -0.130. The minimum atomic E-state index is -1.07. The molecule has 1 atom stereocenters. The van der Waals surface area contributed by atoms with E-state index in [-0.39, 0.29) is 12.2 Å². The summed E-state index contributed by atoms with van der Waals surface area (Å²) in [7, 11) is 0. The van der Waals surface area contributed by atoms with Crippen molar-refractivity contribution >= 4 is 29.2 Å². The highest BCUT2D eigenvalue weighted by molar-refractivity contribution is 6.23. The van der Waals surface area contributed by atoms with E-state index in [9.17, 15) is 18.8 Å². The van der Waals surface area contributed by atoms with Gasteiger partial charge in [-0.2, -0.15) is 0 Å². The summed E-state index contributed by atoms with van der Waals surface area (Å²) in [5, 5.41) is 5.21. The van der Waals surface area contributed by atoms with Crippen LogP contribution in [0.2, 0.25) is 0 Å². The van der Waals surface area contributed by atoms with Gasteiger partial charge in [0, 0.05) is 12.2 Å². The molecule has 1 heterocycles. The monoisotopic (exact) mass is 355 g/mol. The second kappa shape index (κ2) is 7.35. The molecule has 3 rings (SSSR count). The molecule has 2 aromatic rings. The molecule has 0 spiro atoms. The van der Waals surface area contributed by atoms with Crippen molar-refractivity contribution in [3.63, 3.8) is 0 Å². The molecule has 1 aliphatic heterocycles. The summed E-state index contributed by atoms with van der Waals surface area (Å²) >= 11 is 0. The number of carbonyl (C=O) groups excluding carboxylic acids is 3. The van der Waals surface area contributed by atoms with Crippen LogP contribution in [0.5, 0.6) is 0 Å². The van der Waals surface area contributed by atoms with Gasteiger partial charge in [0.25, 0.3) is 0 Å². The van der Waals surface area contributed by atoms with Gasteiger partial charge in [-0.15, -0.1) is 0 Å². The summed E-state index contributed by atoms with van der Waals surface area (Å²) in [6.07, 6.45) is 0.883. The quantitative estimate of drug-likeness (QED) is 0.828. The maximum absolute atomic E-state index is 13.1. The zero-order chi connectivity index (χ0) is 18.7. The van der Waals surface area contributed by atoms with Crippen LogP contribution in [0.3, 0.4) is 0 Å². The third kappa shape index (κ3) is 3.56. The average Bonchev–Trinajstić information content (AvgIpc) is 2.64. The molecule has 1 fully saturated rings. The normalized spacial score (nSPS) is 17.0. The van der Waals surface area contributed by atoms with Crippen molar-refractivity contribution in [2.75, 3.05) is 16.8 Å². The number of nitrogens with one attached hydrogen (secondary N) is 2. The Labute approximate surface area is 150 Å². The molecule has 2 N–H and O–H groups in total. The van der Waals surface area contributed by atoms with Crippen LogP contribution in [-0.4, -0.2) is 24.4 Å². The van der Waals surface area contributed by atoms with Crippen LogP contribution in [0.15, 0.2) is 48.5 Å². The van der Waals surface area contributed by atoms with Crippen molar-refractivity contribution in [1.29, 1.82) is 0 Å². The molecule has 134 valence electrons. The standard InChI is InChI=1S/C19H18FN3O3/c1-2-12-3-7-14(8-4-12)22-17(24)16-11-21-19(26)23(18(16)25)15-9-5-13(20)6-10-15/h3-10,16H,2,11H2,1H3,(H,21,26)(H,22,24). The second-order valence-corrected chi connectivity index (χ2v) is 5.93.